The Morgan fingerprint density at radius 2 is 1.85 bits per heavy atom. The van der Waals surface area contributed by atoms with Gasteiger partial charge >= 0.3 is 0 Å². The number of halogens is 1. The third-order valence-electron chi connectivity index (χ3n) is 4.55. The van der Waals surface area contributed by atoms with Crippen LogP contribution in [0.3, 0.4) is 0 Å². The Hall–Kier alpha value is -0.930. The third-order valence-corrected chi connectivity index (χ3v) is 4.55. The summed E-state index contributed by atoms with van der Waals surface area (Å²) in [6, 6.07) is 7.90. The first-order valence-electron chi connectivity index (χ1n) is 8.03. The highest BCUT2D eigenvalue weighted by Crippen LogP contribution is 2.28. The van der Waals surface area contributed by atoms with E-state index in [1.54, 1.807) is 12.1 Å². The zero-order valence-electron chi connectivity index (χ0n) is 12.2. The van der Waals surface area contributed by atoms with Crippen LogP contribution in [0.25, 0.3) is 0 Å². The van der Waals surface area contributed by atoms with Gasteiger partial charge in [-0.05, 0) is 44.8 Å². The Kier molecular flexibility index (Phi) is 4.69. The van der Waals surface area contributed by atoms with Crippen LogP contribution in [0.2, 0.25) is 0 Å². The average molecular weight is 276 g/mol. The second-order valence-electron chi connectivity index (χ2n) is 6.20. The smallest absolute Gasteiger partial charge is 0.127 e. The first-order chi connectivity index (χ1) is 9.83. The fraction of sp³-hybridized carbons (Fsp3) is 0.647. The summed E-state index contributed by atoms with van der Waals surface area (Å²) >= 11 is 0. The SMILES string of the molecule is Fc1ccccc1CN(CCN1CCCCC1)C1CC1. The number of benzene rings is 1. The van der Waals surface area contributed by atoms with Crippen LogP contribution >= 0.6 is 0 Å². The van der Waals surface area contributed by atoms with Crippen LogP contribution in [-0.2, 0) is 6.54 Å². The number of piperidine rings is 1. The van der Waals surface area contributed by atoms with Crippen molar-refractivity contribution >= 4 is 0 Å². The van der Waals surface area contributed by atoms with Crippen molar-refractivity contribution in [2.24, 2.45) is 0 Å². The maximum atomic E-state index is 13.8. The van der Waals surface area contributed by atoms with Crippen LogP contribution in [0.15, 0.2) is 24.3 Å². The molecule has 3 rings (SSSR count). The highest BCUT2D eigenvalue weighted by molar-refractivity contribution is 5.17. The van der Waals surface area contributed by atoms with Crippen molar-refractivity contribution in [2.45, 2.75) is 44.7 Å². The van der Waals surface area contributed by atoms with E-state index in [1.807, 2.05) is 12.1 Å². The van der Waals surface area contributed by atoms with E-state index in [9.17, 15) is 4.39 Å². The lowest BCUT2D eigenvalue weighted by Crippen LogP contribution is -2.38. The molecule has 3 heteroatoms. The topological polar surface area (TPSA) is 6.48 Å². The van der Waals surface area contributed by atoms with Gasteiger partial charge in [0.05, 0.1) is 0 Å². The highest BCUT2D eigenvalue weighted by Gasteiger charge is 2.29. The van der Waals surface area contributed by atoms with Gasteiger partial charge in [-0.3, -0.25) is 4.90 Å². The summed E-state index contributed by atoms with van der Waals surface area (Å²) in [7, 11) is 0. The summed E-state index contributed by atoms with van der Waals surface area (Å²) in [4.78, 5) is 5.05. The molecule has 20 heavy (non-hydrogen) atoms. The molecule has 1 aliphatic heterocycles. The van der Waals surface area contributed by atoms with Crippen molar-refractivity contribution in [3.05, 3.63) is 35.6 Å². The van der Waals surface area contributed by atoms with Crippen LogP contribution in [0.1, 0.15) is 37.7 Å². The molecule has 2 aliphatic rings. The number of likely N-dealkylation sites (tertiary alicyclic amines) is 1. The standard InChI is InChI=1S/C17H25FN2/c18-17-7-3-2-6-15(17)14-20(16-8-9-16)13-12-19-10-4-1-5-11-19/h2-3,6-7,16H,1,4-5,8-14H2. The van der Waals surface area contributed by atoms with E-state index in [0.29, 0.717) is 6.04 Å². The first kappa shape index (κ1) is 14.0. The Balaban J connectivity index is 1.54. The molecule has 1 aliphatic carbocycles. The van der Waals surface area contributed by atoms with Crippen molar-refractivity contribution in [3.8, 4) is 0 Å². The number of rotatable bonds is 6. The van der Waals surface area contributed by atoms with E-state index in [4.69, 9.17) is 0 Å². The van der Waals surface area contributed by atoms with Gasteiger partial charge in [0.25, 0.3) is 0 Å². The van der Waals surface area contributed by atoms with Crippen LogP contribution in [-0.4, -0.2) is 42.0 Å². The molecule has 0 bridgehead atoms. The Morgan fingerprint density at radius 1 is 1.10 bits per heavy atom. The first-order valence-corrected chi connectivity index (χ1v) is 8.03. The number of nitrogens with zero attached hydrogens (tertiary/aromatic N) is 2. The molecule has 0 atom stereocenters. The van der Waals surface area contributed by atoms with Crippen molar-refractivity contribution in [3.63, 3.8) is 0 Å². The molecule has 110 valence electrons. The van der Waals surface area contributed by atoms with E-state index in [-0.39, 0.29) is 5.82 Å². The Labute approximate surface area is 121 Å². The van der Waals surface area contributed by atoms with Crippen LogP contribution in [0, 0.1) is 5.82 Å². The van der Waals surface area contributed by atoms with Gasteiger partial charge in [-0.1, -0.05) is 24.6 Å². The minimum Gasteiger partial charge on any atom is -0.302 e. The average Bonchev–Trinajstić information content (AvgIpc) is 3.31. The fourth-order valence-electron chi connectivity index (χ4n) is 3.13. The van der Waals surface area contributed by atoms with E-state index in [1.165, 1.54) is 45.2 Å². The second-order valence-corrected chi connectivity index (χ2v) is 6.20. The van der Waals surface area contributed by atoms with Crippen molar-refractivity contribution < 1.29 is 4.39 Å². The van der Waals surface area contributed by atoms with Crippen molar-refractivity contribution in [2.75, 3.05) is 26.2 Å². The molecule has 2 fully saturated rings. The van der Waals surface area contributed by atoms with Gasteiger partial charge in [-0.2, -0.15) is 0 Å². The summed E-state index contributed by atoms with van der Waals surface area (Å²) in [6.45, 7) is 5.49. The van der Waals surface area contributed by atoms with Gasteiger partial charge in [-0.15, -0.1) is 0 Å². The van der Waals surface area contributed by atoms with E-state index < -0.39 is 0 Å². The molecule has 1 saturated carbocycles. The fourth-order valence-corrected chi connectivity index (χ4v) is 3.13. The molecule has 2 nitrogen and oxygen atoms in total. The van der Waals surface area contributed by atoms with Crippen LogP contribution in [0.4, 0.5) is 4.39 Å². The quantitative estimate of drug-likeness (QED) is 0.787. The van der Waals surface area contributed by atoms with E-state index >= 15 is 0 Å². The molecule has 1 saturated heterocycles. The lowest BCUT2D eigenvalue weighted by molar-refractivity contribution is 0.172. The summed E-state index contributed by atoms with van der Waals surface area (Å²) in [5.41, 5.74) is 0.845. The molecule has 1 heterocycles. The largest absolute Gasteiger partial charge is 0.302 e. The minimum absolute atomic E-state index is 0.0591. The normalized spacial score (nSPS) is 20.5. The molecular formula is C17H25FN2. The predicted molar refractivity (Wildman–Crippen MR) is 80.1 cm³/mol. The minimum atomic E-state index is -0.0591. The summed E-state index contributed by atoms with van der Waals surface area (Å²) in [6.07, 6.45) is 6.65. The van der Waals surface area contributed by atoms with Gasteiger partial charge < -0.3 is 4.90 Å². The molecular weight excluding hydrogens is 251 g/mol. The molecule has 0 spiro atoms. The molecule has 0 radical (unpaired) electrons. The Morgan fingerprint density at radius 3 is 2.55 bits per heavy atom. The van der Waals surface area contributed by atoms with Gasteiger partial charge in [0, 0.05) is 31.2 Å². The maximum Gasteiger partial charge on any atom is 0.127 e. The van der Waals surface area contributed by atoms with Gasteiger partial charge in [0.1, 0.15) is 5.82 Å². The molecule has 1 aromatic rings. The number of hydrogen-bond acceptors (Lipinski definition) is 2. The molecule has 0 N–H and O–H groups in total. The summed E-state index contributed by atoms with van der Waals surface area (Å²) in [5, 5.41) is 0. The molecule has 0 aromatic heterocycles. The zero-order valence-corrected chi connectivity index (χ0v) is 12.2. The van der Waals surface area contributed by atoms with Gasteiger partial charge in [0.2, 0.25) is 0 Å². The summed E-state index contributed by atoms with van der Waals surface area (Å²) < 4.78 is 13.8. The predicted octanol–water partition coefficient (Wildman–Crippen LogP) is 3.28. The second kappa shape index (κ2) is 6.68. The van der Waals surface area contributed by atoms with Gasteiger partial charge in [-0.25, -0.2) is 4.39 Å². The van der Waals surface area contributed by atoms with Gasteiger partial charge in [0.15, 0.2) is 0 Å². The van der Waals surface area contributed by atoms with Crippen LogP contribution < -0.4 is 0 Å². The molecule has 0 amide bonds. The van der Waals surface area contributed by atoms with E-state index in [2.05, 4.69) is 9.80 Å². The monoisotopic (exact) mass is 276 g/mol. The lowest BCUT2D eigenvalue weighted by Gasteiger charge is -2.30. The van der Waals surface area contributed by atoms with Crippen LogP contribution in [0.5, 0.6) is 0 Å². The zero-order chi connectivity index (χ0) is 13.8. The van der Waals surface area contributed by atoms with Crippen molar-refractivity contribution in [1.82, 2.24) is 9.80 Å². The van der Waals surface area contributed by atoms with Crippen molar-refractivity contribution in [1.29, 1.82) is 0 Å². The maximum absolute atomic E-state index is 13.8. The third kappa shape index (κ3) is 3.80. The molecule has 0 unspecified atom stereocenters. The highest BCUT2D eigenvalue weighted by atomic mass is 19.1. The Bertz CT molecular complexity index is 425. The number of hydrogen-bond donors (Lipinski definition) is 0. The lowest BCUT2D eigenvalue weighted by atomic mass is 10.1. The molecule has 1 aromatic carbocycles. The summed E-state index contributed by atoms with van der Waals surface area (Å²) in [5.74, 6) is -0.0591. The van der Waals surface area contributed by atoms with E-state index in [0.717, 1.165) is 25.2 Å².